The minimum absolute atomic E-state index is 0.0706. The molecule has 0 fully saturated rings. The van der Waals surface area contributed by atoms with E-state index < -0.39 is 0 Å². The van der Waals surface area contributed by atoms with Crippen LogP contribution in [-0.2, 0) is 0 Å². The highest BCUT2D eigenvalue weighted by Gasteiger charge is 2.16. The third-order valence-electron chi connectivity index (χ3n) is 1.85. The van der Waals surface area contributed by atoms with Gasteiger partial charge in [-0.15, -0.1) is 0 Å². The predicted molar refractivity (Wildman–Crippen MR) is 60.4 cm³/mol. The second-order valence-corrected chi connectivity index (χ2v) is 4.44. The number of hydrogen-bond donors (Lipinski definition) is 2. The van der Waals surface area contributed by atoms with Crippen molar-refractivity contribution < 1.29 is 4.79 Å². The number of nitrogens with one attached hydrogen (secondary N) is 2. The Balaban J connectivity index is 2.44. The van der Waals surface area contributed by atoms with E-state index >= 15 is 0 Å². The highest BCUT2D eigenvalue weighted by molar-refractivity contribution is 9.10. The molecule has 0 aliphatic rings. The summed E-state index contributed by atoms with van der Waals surface area (Å²) in [5.41, 5.74) is 1.10. The Hall–Kier alpha value is -0.810. The molecule has 0 spiro atoms. The molecule has 14 heavy (non-hydrogen) atoms. The Bertz CT molecular complexity index is 430. The lowest BCUT2D eigenvalue weighted by atomic mass is 10.2. The zero-order valence-electron chi connectivity index (χ0n) is 6.97. The van der Waals surface area contributed by atoms with Gasteiger partial charge in [-0.25, -0.2) is 0 Å². The van der Waals surface area contributed by atoms with Crippen LogP contribution in [0.15, 0.2) is 33.5 Å². The first-order chi connectivity index (χ1) is 6.70. The molecule has 2 aromatic heterocycles. The maximum Gasteiger partial charge on any atom is 0.227 e. The van der Waals surface area contributed by atoms with Gasteiger partial charge in [0.2, 0.25) is 5.78 Å². The van der Waals surface area contributed by atoms with Crippen molar-refractivity contribution in [3.05, 3.63) is 44.9 Å². The van der Waals surface area contributed by atoms with Crippen LogP contribution in [0.5, 0.6) is 0 Å². The van der Waals surface area contributed by atoms with E-state index in [0.717, 1.165) is 8.95 Å². The van der Waals surface area contributed by atoms with Gasteiger partial charge < -0.3 is 9.97 Å². The molecule has 0 aliphatic carbocycles. The largest absolute Gasteiger partial charge is 0.357 e. The molecule has 0 aromatic carbocycles. The SMILES string of the molecule is O=C(c1[nH]ccc1Br)c1[nH]ccc1Br. The first-order valence-corrected chi connectivity index (χ1v) is 5.49. The first-order valence-electron chi connectivity index (χ1n) is 3.90. The van der Waals surface area contributed by atoms with E-state index in [1.54, 1.807) is 24.5 Å². The Labute approximate surface area is 97.2 Å². The molecule has 5 heteroatoms. The molecule has 2 rings (SSSR count). The second-order valence-electron chi connectivity index (χ2n) is 2.73. The molecule has 0 aliphatic heterocycles. The second kappa shape index (κ2) is 3.74. The average Bonchev–Trinajstić information content (AvgIpc) is 2.73. The van der Waals surface area contributed by atoms with Crippen LogP contribution < -0.4 is 0 Å². The Morgan fingerprint density at radius 2 is 1.43 bits per heavy atom. The topological polar surface area (TPSA) is 48.6 Å². The maximum absolute atomic E-state index is 11.9. The van der Waals surface area contributed by atoms with Gasteiger partial charge in [0.1, 0.15) is 11.4 Å². The average molecular weight is 318 g/mol. The van der Waals surface area contributed by atoms with Gasteiger partial charge >= 0.3 is 0 Å². The number of halogens is 2. The zero-order chi connectivity index (χ0) is 10.1. The van der Waals surface area contributed by atoms with Gasteiger partial charge in [0, 0.05) is 21.3 Å². The summed E-state index contributed by atoms with van der Waals surface area (Å²) in [6.45, 7) is 0. The molecule has 2 heterocycles. The fourth-order valence-corrected chi connectivity index (χ4v) is 2.03. The number of H-pyrrole nitrogens is 2. The van der Waals surface area contributed by atoms with Gasteiger partial charge in [-0.2, -0.15) is 0 Å². The minimum atomic E-state index is -0.0706. The summed E-state index contributed by atoms with van der Waals surface area (Å²) in [4.78, 5) is 17.7. The Morgan fingerprint density at radius 3 is 1.71 bits per heavy atom. The molecular formula is C9H6Br2N2O. The standard InChI is InChI=1S/C9H6Br2N2O/c10-5-1-3-12-7(5)9(14)8-6(11)2-4-13-8/h1-4,12-13H. The van der Waals surface area contributed by atoms with E-state index in [4.69, 9.17) is 0 Å². The van der Waals surface area contributed by atoms with Crippen LogP contribution >= 0.6 is 31.9 Å². The third kappa shape index (κ3) is 1.57. The lowest BCUT2D eigenvalue weighted by Gasteiger charge is -1.97. The molecule has 2 aromatic rings. The van der Waals surface area contributed by atoms with Gasteiger partial charge in [-0.1, -0.05) is 0 Å². The van der Waals surface area contributed by atoms with Crippen molar-refractivity contribution in [3.8, 4) is 0 Å². The number of hydrogen-bond acceptors (Lipinski definition) is 1. The molecule has 72 valence electrons. The van der Waals surface area contributed by atoms with E-state index in [1.807, 2.05) is 0 Å². The fraction of sp³-hybridized carbons (Fsp3) is 0. The van der Waals surface area contributed by atoms with Crippen LogP contribution in [0.2, 0.25) is 0 Å². The number of aromatic amines is 2. The van der Waals surface area contributed by atoms with E-state index in [-0.39, 0.29) is 5.78 Å². The zero-order valence-corrected chi connectivity index (χ0v) is 10.1. The molecule has 0 amide bonds. The van der Waals surface area contributed by atoms with Crippen LogP contribution in [0.3, 0.4) is 0 Å². The van der Waals surface area contributed by atoms with Crippen molar-refractivity contribution in [3.63, 3.8) is 0 Å². The molecule has 3 nitrogen and oxygen atoms in total. The summed E-state index contributed by atoms with van der Waals surface area (Å²) in [5, 5.41) is 0. The normalized spacial score (nSPS) is 10.4. The minimum Gasteiger partial charge on any atom is -0.357 e. The first kappa shape index (κ1) is 9.73. The number of ketones is 1. The van der Waals surface area contributed by atoms with Crippen molar-refractivity contribution in [2.75, 3.05) is 0 Å². The molecule has 0 unspecified atom stereocenters. The third-order valence-corrected chi connectivity index (χ3v) is 3.17. The van der Waals surface area contributed by atoms with Gasteiger partial charge in [0.05, 0.1) is 0 Å². The van der Waals surface area contributed by atoms with E-state index in [9.17, 15) is 4.79 Å². The summed E-state index contributed by atoms with van der Waals surface area (Å²) in [6.07, 6.45) is 3.43. The van der Waals surface area contributed by atoms with E-state index in [1.165, 1.54) is 0 Å². The predicted octanol–water partition coefficient (Wildman–Crippen LogP) is 3.10. The van der Waals surface area contributed by atoms with Crippen molar-refractivity contribution in [1.82, 2.24) is 9.97 Å². The van der Waals surface area contributed by atoms with Crippen LogP contribution in [0.25, 0.3) is 0 Å². The molecule has 2 N–H and O–H groups in total. The van der Waals surface area contributed by atoms with E-state index in [0.29, 0.717) is 11.4 Å². The Kier molecular flexibility index (Phi) is 2.60. The summed E-state index contributed by atoms with van der Waals surface area (Å²) in [7, 11) is 0. The van der Waals surface area contributed by atoms with Crippen LogP contribution in [0, 0.1) is 0 Å². The lowest BCUT2D eigenvalue weighted by molar-refractivity contribution is 0.102. The number of carbonyl (C=O) groups is 1. The van der Waals surface area contributed by atoms with Gasteiger partial charge in [0.25, 0.3) is 0 Å². The van der Waals surface area contributed by atoms with Crippen LogP contribution in [-0.4, -0.2) is 15.8 Å². The molecule has 0 saturated heterocycles. The van der Waals surface area contributed by atoms with Crippen molar-refractivity contribution in [2.45, 2.75) is 0 Å². The van der Waals surface area contributed by atoms with Crippen molar-refractivity contribution in [1.29, 1.82) is 0 Å². The number of rotatable bonds is 2. The quantitative estimate of drug-likeness (QED) is 0.822. The van der Waals surface area contributed by atoms with Gasteiger partial charge in [-0.3, -0.25) is 4.79 Å². The monoisotopic (exact) mass is 316 g/mol. The molecule has 0 atom stereocenters. The summed E-state index contributed by atoms with van der Waals surface area (Å²) in [5.74, 6) is -0.0706. The fourth-order valence-electron chi connectivity index (χ4n) is 1.17. The molecule has 0 bridgehead atoms. The van der Waals surface area contributed by atoms with Crippen molar-refractivity contribution in [2.24, 2.45) is 0 Å². The van der Waals surface area contributed by atoms with Gasteiger partial charge in [-0.05, 0) is 44.0 Å². The van der Waals surface area contributed by atoms with Crippen molar-refractivity contribution >= 4 is 37.6 Å². The number of aromatic nitrogens is 2. The highest BCUT2D eigenvalue weighted by atomic mass is 79.9. The molecule has 0 saturated carbocycles. The molecule has 0 radical (unpaired) electrons. The molecular weight excluding hydrogens is 312 g/mol. The van der Waals surface area contributed by atoms with Crippen LogP contribution in [0.4, 0.5) is 0 Å². The summed E-state index contributed by atoms with van der Waals surface area (Å²) in [6, 6.07) is 3.59. The maximum atomic E-state index is 11.9. The smallest absolute Gasteiger partial charge is 0.227 e. The Morgan fingerprint density at radius 1 is 1.00 bits per heavy atom. The summed E-state index contributed by atoms with van der Waals surface area (Å²) >= 11 is 6.59. The number of carbonyl (C=O) groups excluding carboxylic acids is 1. The van der Waals surface area contributed by atoms with Gasteiger partial charge in [0.15, 0.2) is 0 Å². The summed E-state index contributed by atoms with van der Waals surface area (Å²) < 4.78 is 1.54. The lowest BCUT2D eigenvalue weighted by Crippen LogP contribution is -2.03. The van der Waals surface area contributed by atoms with E-state index in [2.05, 4.69) is 41.8 Å². The van der Waals surface area contributed by atoms with Crippen LogP contribution in [0.1, 0.15) is 16.2 Å². The highest BCUT2D eigenvalue weighted by Crippen LogP contribution is 2.22.